The zero-order chi connectivity index (χ0) is 47.1. The summed E-state index contributed by atoms with van der Waals surface area (Å²) in [6.45, 7) is 21.6. The number of halogens is 2. The molecule has 2 aromatic carbocycles. The van der Waals surface area contributed by atoms with Crippen LogP contribution in [0.2, 0.25) is 5.02 Å². The number of nitrogens with one attached hydrogen (secondary N) is 3. The fraction of sp³-hybridized carbons (Fsp3) is 0.489. The van der Waals surface area contributed by atoms with E-state index in [9.17, 15) is 24.0 Å². The van der Waals surface area contributed by atoms with Crippen molar-refractivity contribution in [1.82, 2.24) is 20.4 Å². The number of carbonyl (C=O) groups excluding carboxylic acids is 5. The molecule has 2 aliphatic rings. The molecule has 0 radical (unpaired) electrons. The van der Waals surface area contributed by atoms with E-state index in [1.807, 2.05) is 6.08 Å². The van der Waals surface area contributed by atoms with Gasteiger partial charge in [0.2, 0.25) is 11.9 Å². The molecule has 0 unspecified atom stereocenters. The number of rotatable bonds is 4. The molecular formula is C45H59ClFN7O9. The lowest BCUT2D eigenvalue weighted by atomic mass is 9.97. The summed E-state index contributed by atoms with van der Waals surface area (Å²) in [6.07, 6.45) is 1.10. The normalized spacial score (nSPS) is 15.4. The second-order valence-electron chi connectivity index (χ2n) is 18.8. The summed E-state index contributed by atoms with van der Waals surface area (Å²) in [5.74, 6) is -1.24. The number of amides is 5. The Morgan fingerprint density at radius 3 is 1.43 bits per heavy atom. The Bertz CT molecular complexity index is 2210. The van der Waals surface area contributed by atoms with Gasteiger partial charge in [0, 0.05) is 43.0 Å². The highest BCUT2D eigenvalue weighted by Gasteiger charge is 2.28. The number of carbonyl (C=O) groups is 5. The quantitative estimate of drug-likeness (QED) is 0.151. The van der Waals surface area contributed by atoms with Gasteiger partial charge in [0.25, 0.3) is 5.91 Å². The minimum atomic E-state index is -0.897. The molecule has 0 fully saturated rings. The molecule has 0 saturated heterocycles. The molecule has 4 rings (SSSR count). The number of benzene rings is 2. The Balaban J connectivity index is 1.43. The second-order valence-corrected chi connectivity index (χ2v) is 19.2. The molecule has 2 heterocycles. The lowest BCUT2D eigenvalue weighted by Gasteiger charge is -2.30. The Morgan fingerprint density at radius 2 is 1.05 bits per heavy atom. The smallest absolute Gasteiger partial charge is 0.437 e. The first-order chi connectivity index (χ1) is 29.0. The van der Waals surface area contributed by atoms with Crippen LogP contribution in [-0.2, 0) is 18.9 Å². The first kappa shape index (κ1) is 49.7. The van der Waals surface area contributed by atoms with E-state index < -0.39 is 58.5 Å². The van der Waals surface area contributed by atoms with E-state index in [2.05, 4.69) is 25.9 Å². The minimum absolute atomic E-state index is 0.0186. The maximum atomic E-state index is 15.6. The zero-order valence-electron chi connectivity index (χ0n) is 38.1. The minimum Gasteiger partial charge on any atom is -0.444 e. The number of anilines is 1. The largest absolute Gasteiger partial charge is 0.444 e. The van der Waals surface area contributed by atoms with E-state index in [0.29, 0.717) is 41.2 Å². The van der Waals surface area contributed by atoms with Gasteiger partial charge in [-0.25, -0.2) is 23.6 Å². The molecule has 2 aromatic rings. The summed E-state index contributed by atoms with van der Waals surface area (Å²) in [5.41, 5.74) is -0.133. The zero-order valence-corrected chi connectivity index (χ0v) is 38.8. The third-order valence-corrected chi connectivity index (χ3v) is 8.89. The predicted octanol–water partition coefficient (Wildman–Crippen LogP) is 9.54. The van der Waals surface area contributed by atoms with Gasteiger partial charge in [-0.2, -0.15) is 0 Å². The Hall–Kier alpha value is -5.97. The average molecular weight is 896 g/mol. The van der Waals surface area contributed by atoms with Gasteiger partial charge in [-0.1, -0.05) is 35.9 Å². The third kappa shape index (κ3) is 16.3. The lowest BCUT2D eigenvalue weighted by Crippen LogP contribution is -2.48. The maximum absolute atomic E-state index is 15.6. The van der Waals surface area contributed by atoms with Crippen molar-refractivity contribution in [2.45, 2.75) is 118 Å². The Kier molecular flexibility index (Phi) is 15.8. The first-order valence-electron chi connectivity index (χ1n) is 20.5. The molecule has 0 bridgehead atoms. The van der Waals surface area contributed by atoms with E-state index in [1.165, 1.54) is 12.1 Å². The number of aliphatic imine (C=N–C) groups is 2. The van der Waals surface area contributed by atoms with Crippen LogP contribution >= 0.6 is 11.6 Å². The van der Waals surface area contributed by atoms with Gasteiger partial charge >= 0.3 is 24.4 Å². The standard InChI is InChI=1S/C45H59ClFN7O9/c1-42(2,3)60-38(56)49-36(50-39(57)61-43(4,5)6)53-21-17-27(18-22-53)31-16-14-30(26-33(31)46)48-35(55)29-13-15-32(34(47)25-29)28-19-23-54(24-20-28)37(51-40(58)62-44(7,8)9)52-41(59)63-45(10,11)12/h13-17,19,25-26H,18,20-24H2,1-12H3,(H,48,55)(H,49,50,56,57)(H,51,52,58,59). The van der Waals surface area contributed by atoms with Crippen LogP contribution in [0.4, 0.5) is 29.3 Å². The molecular weight excluding hydrogens is 837 g/mol. The van der Waals surface area contributed by atoms with Gasteiger partial charge < -0.3 is 34.1 Å². The summed E-state index contributed by atoms with van der Waals surface area (Å²) < 4.78 is 37.0. The summed E-state index contributed by atoms with van der Waals surface area (Å²) >= 11 is 6.72. The lowest BCUT2D eigenvalue weighted by molar-refractivity contribution is 0.0536. The average Bonchev–Trinajstić information content (AvgIpc) is 3.11. The number of hydrogen-bond acceptors (Lipinski definition) is 9. The molecule has 3 N–H and O–H groups in total. The van der Waals surface area contributed by atoms with Gasteiger partial charge in [0.1, 0.15) is 28.2 Å². The van der Waals surface area contributed by atoms with Crippen molar-refractivity contribution in [3.63, 3.8) is 0 Å². The summed E-state index contributed by atoms with van der Waals surface area (Å²) in [6, 6.07) is 9.26. The van der Waals surface area contributed by atoms with Gasteiger partial charge in [-0.3, -0.25) is 15.4 Å². The van der Waals surface area contributed by atoms with Crippen LogP contribution < -0.4 is 16.0 Å². The molecule has 5 amide bonds. The van der Waals surface area contributed by atoms with Crippen LogP contribution in [0.15, 0.2) is 58.5 Å². The van der Waals surface area contributed by atoms with Crippen LogP contribution in [0.5, 0.6) is 0 Å². The molecule has 0 spiro atoms. The summed E-state index contributed by atoms with van der Waals surface area (Å²) in [4.78, 5) is 75.1. The number of hydrogen-bond donors (Lipinski definition) is 3. The highest BCUT2D eigenvalue weighted by molar-refractivity contribution is 6.32. The fourth-order valence-corrected chi connectivity index (χ4v) is 6.38. The number of nitrogens with zero attached hydrogens (tertiary/aromatic N) is 4. The van der Waals surface area contributed by atoms with Crippen LogP contribution in [0.3, 0.4) is 0 Å². The van der Waals surface area contributed by atoms with Crippen molar-refractivity contribution < 1.29 is 47.3 Å². The van der Waals surface area contributed by atoms with Crippen LogP contribution in [0.25, 0.3) is 11.1 Å². The van der Waals surface area contributed by atoms with Gasteiger partial charge in [-0.05, 0) is 137 Å². The van der Waals surface area contributed by atoms with E-state index in [4.69, 9.17) is 30.5 Å². The van der Waals surface area contributed by atoms with E-state index in [1.54, 1.807) is 117 Å². The van der Waals surface area contributed by atoms with Crippen molar-refractivity contribution in [2.75, 3.05) is 31.5 Å². The SMILES string of the molecule is CC(C)(C)OC(=O)N=C(NC(=O)OC(C)(C)C)N1CC=C(c2ccc(C(=O)Nc3ccc(C4=CCN(C(=NC(=O)OC(C)(C)C)NC(=O)OC(C)(C)C)CC4)c(Cl)c3)cc2F)CC1. The van der Waals surface area contributed by atoms with Crippen LogP contribution in [0, 0.1) is 5.82 Å². The number of alkyl carbamates (subject to hydrolysis) is 2. The topological polar surface area (TPSA) is 190 Å². The highest BCUT2D eigenvalue weighted by Crippen LogP contribution is 2.32. The van der Waals surface area contributed by atoms with Gasteiger partial charge in [0.05, 0.1) is 5.02 Å². The van der Waals surface area contributed by atoms with Crippen molar-refractivity contribution in [2.24, 2.45) is 9.98 Å². The highest BCUT2D eigenvalue weighted by atomic mass is 35.5. The Labute approximate surface area is 373 Å². The van der Waals surface area contributed by atoms with Crippen LogP contribution in [0.1, 0.15) is 117 Å². The van der Waals surface area contributed by atoms with E-state index in [-0.39, 0.29) is 37.1 Å². The number of guanidine groups is 2. The third-order valence-electron chi connectivity index (χ3n) is 8.57. The van der Waals surface area contributed by atoms with Crippen molar-refractivity contribution >= 4 is 70.6 Å². The second kappa shape index (κ2) is 20.0. The van der Waals surface area contributed by atoms with E-state index >= 15 is 4.39 Å². The monoisotopic (exact) mass is 895 g/mol. The molecule has 0 aromatic heterocycles. The molecule has 63 heavy (non-hydrogen) atoms. The molecule has 0 aliphatic carbocycles. The van der Waals surface area contributed by atoms with Crippen LogP contribution in [-0.4, -0.2) is 101 Å². The number of ether oxygens (including phenoxy) is 4. The molecule has 0 saturated carbocycles. The van der Waals surface area contributed by atoms with Gasteiger partial charge in [-0.15, -0.1) is 9.98 Å². The fourth-order valence-electron chi connectivity index (χ4n) is 6.07. The molecule has 2 aliphatic heterocycles. The van der Waals surface area contributed by atoms with Crippen molar-refractivity contribution in [3.05, 3.63) is 76.1 Å². The van der Waals surface area contributed by atoms with E-state index in [0.717, 1.165) is 17.2 Å². The molecule has 0 atom stereocenters. The molecule has 18 heteroatoms. The van der Waals surface area contributed by atoms with Crippen molar-refractivity contribution in [3.8, 4) is 0 Å². The Morgan fingerprint density at radius 1 is 0.619 bits per heavy atom. The maximum Gasteiger partial charge on any atom is 0.437 e. The van der Waals surface area contributed by atoms with Crippen molar-refractivity contribution in [1.29, 1.82) is 0 Å². The summed E-state index contributed by atoms with van der Waals surface area (Å²) in [7, 11) is 0. The summed E-state index contributed by atoms with van der Waals surface area (Å²) in [5, 5.41) is 8.25. The van der Waals surface area contributed by atoms with Gasteiger partial charge in [0.15, 0.2) is 0 Å². The molecule has 16 nitrogen and oxygen atoms in total. The first-order valence-corrected chi connectivity index (χ1v) is 20.8. The predicted molar refractivity (Wildman–Crippen MR) is 240 cm³/mol. The molecule has 342 valence electrons.